The zero-order valence-corrected chi connectivity index (χ0v) is 28.4. The monoisotopic (exact) mass is 713 g/mol. The highest BCUT2D eigenvalue weighted by atomic mass is 79.9. The molecular weight excluding hydrogens is 681 g/mol. The molecule has 0 aliphatic rings. The molecule has 2 heterocycles. The van der Waals surface area contributed by atoms with Gasteiger partial charge in [0.15, 0.2) is 9.84 Å². The van der Waals surface area contributed by atoms with E-state index in [1.54, 1.807) is 27.0 Å². The lowest BCUT2D eigenvalue weighted by Gasteiger charge is -2.14. The third kappa shape index (κ3) is 7.96. The zero-order valence-electron chi connectivity index (χ0n) is 25.2. The number of fused-ring (bicyclic) bond motifs is 1. The third-order valence-corrected chi connectivity index (χ3v) is 11.0. The van der Waals surface area contributed by atoms with Gasteiger partial charge < -0.3 is 20.1 Å². The fourth-order valence-corrected chi connectivity index (χ4v) is 6.74. The Hall–Kier alpha value is -3.65. The number of aromatic nitrogens is 3. The molecule has 9 nitrogen and oxygen atoms in total. The summed E-state index contributed by atoms with van der Waals surface area (Å²) in [7, 11) is -1.52. The molecule has 0 radical (unpaired) electrons. The lowest BCUT2D eigenvalue weighted by Crippen LogP contribution is -2.28. The first kappa shape index (κ1) is 32.7. The van der Waals surface area contributed by atoms with Crippen molar-refractivity contribution < 1.29 is 22.3 Å². The van der Waals surface area contributed by atoms with Gasteiger partial charge in [-0.05, 0) is 78.7 Å². The highest BCUT2D eigenvalue weighted by molar-refractivity contribution is 9.10. The van der Waals surface area contributed by atoms with Crippen molar-refractivity contribution in [2.45, 2.75) is 38.7 Å². The van der Waals surface area contributed by atoms with Crippen molar-refractivity contribution in [2.75, 3.05) is 24.7 Å². The van der Waals surface area contributed by atoms with Crippen LogP contribution in [0.25, 0.3) is 22.2 Å². The number of thiazole rings is 1. The molecule has 0 spiro atoms. The second kappa shape index (κ2) is 14.2. The average Bonchev–Trinajstić information content (AvgIpc) is 3.50. The van der Waals surface area contributed by atoms with Crippen molar-refractivity contribution in [1.82, 2.24) is 20.3 Å². The Labute approximate surface area is 274 Å². The highest BCUT2D eigenvalue weighted by Gasteiger charge is 2.19. The van der Waals surface area contributed by atoms with Crippen LogP contribution in [0.3, 0.4) is 0 Å². The standard InChI is InChI=1S/C32H33BrFN5O4S2/c1-19(2)45(40,41)11-10-35-20(3)32-39-28(17-44-32)24-14-25-27(15-30(24)42-4)36-18-37-31(25)38-23-8-9-29(26(33)13-23)43-16-21-6-5-7-22(34)12-21/h5-9,12-15,17-20,35H,10-11,16H2,1-4H3,(H,36,37,38). The predicted molar refractivity (Wildman–Crippen MR) is 181 cm³/mol. The molecule has 5 rings (SSSR count). The van der Waals surface area contributed by atoms with Crippen LogP contribution >= 0.6 is 27.3 Å². The molecule has 1 atom stereocenters. The summed E-state index contributed by atoms with van der Waals surface area (Å²) in [5.41, 5.74) is 3.71. The topological polar surface area (TPSA) is 115 Å². The number of ether oxygens (including phenoxy) is 2. The summed E-state index contributed by atoms with van der Waals surface area (Å²) in [5.74, 6) is 1.61. The molecule has 5 aromatic rings. The minimum absolute atomic E-state index is 0.0722. The Kier molecular flexibility index (Phi) is 10.3. The van der Waals surface area contributed by atoms with Gasteiger partial charge in [-0.25, -0.2) is 27.8 Å². The number of rotatable bonds is 13. The molecule has 45 heavy (non-hydrogen) atoms. The molecule has 0 saturated heterocycles. The summed E-state index contributed by atoms with van der Waals surface area (Å²) in [6, 6.07) is 15.6. The second-order valence-electron chi connectivity index (χ2n) is 10.6. The maximum absolute atomic E-state index is 13.5. The first-order chi connectivity index (χ1) is 21.5. The lowest BCUT2D eigenvalue weighted by molar-refractivity contribution is 0.303. The Balaban J connectivity index is 1.35. The van der Waals surface area contributed by atoms with Gasteiger partial charge in [0, 0.05) is 34.6 Å². The predicted octanol–water partition coefficient (Wildman–Crippen LogP) is 7.46. The Morgan fingerprint density at radius 2 is 1.87 bits per heavy atom. The van der Waals surface area contributed by atoms with Crippen LogP contribution in [-0.4, -0.2) is 48.0 Å². The Morgan fingerprint density at radius 3 is 2.60 bits per heavy atom. The quantitative estimate of drug-likeness (QED) is 0.128. The first-order valence-corrected chi connectivity index (χ1v) is 17.6. The normalized spacial score (nSPS) is 12.4. The molecule has 0 aliphatic heterocycles. The van der Waals surface area contributed by atoms with Crippen molar-refractivity contribution in [3.05, 3.63) is 87.2 Å². The molecule has 13 heteroatoms. The van der Waals surface area contributed by atoms with E-state index >= 15 is 0 Å². The first-order valence-electron chi connectivity index (χ1n) is 14.2. The smallest absolute Gasteiger partial charge is 0.153 e. The van der Waals surface area contributed by atoms with Crippen LogP contribution in [0.15, 0.2) is 70.8 Å². The largest absolute Gasteiger partial charge is 0.496 e. The molecular formula is C32H33BrFN5O4S2. The molecule has 2 N–H and O–H groups in total. The molecule has 0 bridgehead atoms. The van der Waals surface area contributed by atoms with Crippen molar-refractivity contribution in [2.24, 2.45) is 0 Å². The minimum atomic E-state index is -3.12. The number of sulfone groups is 1. The van der Waals surface area contributed by atoms with E-state index in [2.05, 4.69) is 36.5 Å². The maximum atomic E-state index is 13.5. The zero-order chi connectivity index (χ0) is 32.1. The average molecular weight is 715 g/mol. The van der Waals surface area contributed by atoms with E-state index in [0.717, 1.165) is 37.4 Å². The van der Waals surface area contributed by atoms with E-state index in [-0.39, 0.29) is 24.2 Å². The van der Waals surface area contributed by atoms with E-state index in [1.807, 2.05) is 48.7 Å². The number of methoxy groups -OCH3 is 1. The van der Waals surface area contributed by atoms with E-state index < -0.39 is 15.1 Å². The van der Waals surface area contributed by atoms with Gasteiger partial charge in [0.25, 0.3) is 0 Å². The van der Waals surface area contributed by atoms with Gasteiger partial charge in [-0.15, -0.1) is 11.3 Å². The van der Waals surface area contributed by atoms with Crippen LogP contribution in [0, 0.1) is 5.82 Å². The fourth-order valence-electron chi connectivity index (χ4n) is 4.52. The number of hydrogen-bond donors (Lipinski definition) is 2. The number of nitrogens with zero attached hydrogens (tertiary/aromatic N) is 3. The summed E-state index contributed by atoms with van der Waals surface area (Å²) >= 11 is 5.07. The number of halogens is 2. The molecule has 3 aromatic carbocycles. The van der Waals surface area contributed by atoms with Gasteiger partial charge in [0.2, 0.25) is 0 Å². The summed E-state index contributed by atoms with van der Waals surface area (Å²) < 4.78 is 50.2. The lowest BCUT2D eigenvalue weighted by atomic mass is 10.1. The van der Waals surface area contributed by atoms with Crippen LogP contribution in [0.2, 0.25) is 0 Å². The number of nitrogens with one attached hydrogen (secondary N) is 2. The molecule has 0 fully saturated rings. The number of benzene rings is 3. The molecule has 0 saturated carbocycles. The van der Waals surface area contributed by atoms with Crippen LogP contribution in [0.5, 0.6) is 11.5 Å². The summed E-state index contributed by atoms with van der Waals surface area (Å²) in [6.07, 6.45) is 1.49. The van der Waals surface area contributed by atoms with E-state index in [9.17, 15) is 12.8 Å². The van der Waals surface area contributed by atoms with Crippen LogP contribution < -0.4 is 20.1 Å². The molecule has 1 unspecified atom stereocenters. The minimum Gasteiger partial charge on any atom is -0.496 e. The molecule has 0 amide bonds. The van der Waals surface area contributed by atoms with Gasteiger partial charge in [-0.2, -0.15) is 0 Å². The summed E-state index contributed by atoms with van der Waals surface area (Å²) in [4.78, 5) is 13.8. The van der Waals surface area contributed by atoms with Crippen LogP contribution in [-0.2, 0) is 16.4 Å². The molecule has 2 aromatic heterocycles. The fraction of sp³-hybridized carbons (Fsp3) is 0.281. The van der Waals surface area contributed by atoms with Crippen molar-refractivity contribution >= 4 is 59.5 Å². The van der Waals surface area contributed by atoms with E-state index in [0.29, 0.717) is 29.4 Å². The van der Waals surface area contributed by atoms with Gasteiger partial charge in [-0.1, -0.05) is 12.1 Å². The number of hydrogen-bond acceptors (Lipinski definition) is 10. The molecule has 236 valence electrons. The van der Waals surface area contributed by atoms with Crippen molar-refractivity contribution in [1.29, 1.82) is 0 Å². The summed E-state index contributed by atoms with van der Waals surface area (Å²) in [6.45, 7) is 5.93. The van der Waals surface area contributed by atoms with Gasteiger partial charge in [0.1, 0.15) is 41.1 Å². The second-order valence-corrected chi connectivity index (χ2v) is 15.1. The molecule has 0 aliphatic carbocycles. The SMILES string of the molecule is COc1cc2ncnc(Nc3ccc(OCc4cccc(F)c4)c(Br)c3)c2cc1-c1csc(C(C)NCCS(=O)(=O)C(C)C)n1. The van der Waals surface area contributed by atoms with Crippen LogP contribution in [0.1, 0.15) is 37.4 Å². The Morgan fingerprint density at radius 1 is 1.04 bits per heavy atom. The highest BCUT2D eigenvalue weighted by Crippen LogP contribution is 2.38. The van der Waals surface area contributed by atoms with Gasteiger partial charge >= 0.3 is 0 Å². The van der Waals surface area contributed by atoms with E-state index in [4.69, 9.17) is 14.5 Å². The van der Waals surface area contributed by atoms with E-state index in [1.165, 1.54) is 29.8 Å². The third-order valence-electron chi connectivity index (χ3n) is 7.16. The Bertz CT molecular complexity index is 1920. The summed E-state index contributed by atoms with van der Waals surface area (Å²) in [5, 5.41) is 9.81. The van der Waals surface area contributed by atoms with Crippen molar-refractivity contribution in [3.63, 3.8) is 0 Å². The van der Waals surface area contributed by atoms with Gasteiger partial charge in [0.05, 0.1) is 39.8 Å². The van der Waals surface area contributed by atoms with Gasteiger partial charge in [-0.3, -0.25) is 0 Å². The van der Waals surface area contributed by atoms with Crippen LogP contribution in [0.4, 0.5) is 15.9 Å². The van der Waals surface area contributed by atoms with Crippen molar-refractivity contribution in [3.8, 4) is 22.8 Å². The maximum Gasteiger partial charge on any atom is 0.153 e. The number of anilines is 2.